The summed E-state index contributed by atoms with van der Waals surface area (Å²) in [5.74, 6) is 1.04. The van der Waals surface area contributed by atoms with Gasteiger partial charge in [0, 0.05) is 30.9 Å². The molecule has 80 valence electrons. The number of piperidine rings is 1. The number of anilines is 1. The Morgan fingerprint density at radius 1 is 1.33 bits per heavy atom. The lowest BCUT2D eigenvalue weighted by molar-refractivity contribution is 0.158. The maximum Gasteiger partial charge on any atom is 0.134 e. The summed E-state index contributed by atoms with van der Waals surface area (Å²) in [5.41, 5.74) is 1.29. The van der Waals surface area contributed by atoms with Crippen molar-refractivity contribution in [2.75, 3.05) is 25.0 Å². The van der Waals surface area contributed by atoms with Crippen LogP contribution in [0.2, 0.25) is 0 Å². The van der Waals surface area contributed by atoms with E-state index in [-0.39, 0.29) is 0 Å². The number of rotatable bonds is 0. The quantitative estimate of drug-likeness (QED) is 0.694. The third kappa shape index (κ3) is 1.59. The predicted octanol–water partition coefficient (Wildman–Crippen LogP) is 1.43. The summed E-state index contributed by atoms with van der Waals surface area (Å²) in [6, 6.07) is 0.546. The molecule has 1 unspecified atom stereocenters. The number of fused-ring (bicyclic) bond motifs is 3. The molecule has 15 heavy (non-hydrogen) atoms. The van der Waals surface area contributed by atoms with Crippen LogP contribution in [-0.4, -0.2) is 34.5 Å². The van der Waals surface area contributed by atoms with Crippen LogP contribution in [0.5, 0.6) is 0 Å². The SMILES string of the molecule is c1ncc2c(n1)NCCN1CCCCC21. The Balaban J connectivity index is 1.99. The molecule has 0 bridgehead atoms. The van der Waals surface area contributed by atoms with Crippen LogP contribution in [-0.2, 0) is 0 Å². The van der Waals surface area contributed by atoms with Crippen LogP contribution in [0.3, 0.4) is 0 Å². The molecule has 1 atom stereocenters. The highest BCUT2D eigenvalue weighted by atomic mass is 15.2. The molecule has 3 heterocycles. The van der Waals surface area contributed by atoms with Gasteiger partial charge in [-0.1, -0.05) is 6.42 Å². The lowest BCUT2D eigenvalue weighted by Gasteiger charge is -2.33. The number of nitrogens with zero attached hydrogens (tertiary/aromatic N) is 3. The molecule has 0 amide bonds. The van der Waals surface area contributed by atoms with E-state index in [9.17, 15) is 0 Å². The first-order valence-corrected chi connectivity index (χ1v) is 5.73. The van der Waals surface area contributed by atoms with Gasteiger partial charge in [0.25, 0.3) is 0 Å². The topological polar surface area (TPSA) is 41.1 Å². The van der Waals surface area contributed by atoms with Crippen molar-refractivity contribution >= 4 is 5.82 Å². The zero-order valence-electron chi connectivity index (χ0n) is 8.82. The summed E-state index contributed by atoms with van der Waals surface area (Å²) >= 11 is 0. The van der Waals surface area contributed by atoms with Crippen LogP contribution >= 0.6 is 0 Å². The largest absolute Gasteiger partial charge is 0.368 e. The van der Waals surface area contributed by atoms with Crippen molar-refractivity contribution < 1.29 is 0 Å². The predicted molar refractivity (Wildman–Crippen MR) is 58.7 cm³/mol. The molecule has 3 rings (SSSR count). The van der Waals surface area contributed by atoms with Gasteiger partial charge in [-0.15, -0.1) is 0 Å². The third-order valence-corrected chi connectivity index (χ3v) is 3.40. The first-order valence-electron chi connectivity index (χ1n) is 5.73. The standard InChI is InChI=1S/C11H16N4/c1-2-5-15-6-4-13-11-9(10(15)3-1)7-12-8-14-11/h7-8,10H,1-6H2,(H,12,13,14). The van der Waals surface area contributed by atoms with E-state index in [4.69, 9.17) is 0 Å². The second-order valence-corrected chi connectivity index (χ2v) is 4.30. The number of hydrogen-bond donors (Lipinski definition) is 1. The molecule has 0 aromatic carbocycles. The van der Waals surface area contributed by atoms with Crippen molar-refractivity contribution in [2.24, 2.45) is 0 Å². The minimum Gasteiger partial charge on any atom is -0.368 e. The van der Waals surface area contributed by atoms with Gasteiger partial charge in [-0.2, -0.15) is 0 Å². The summed E-state index contributed by atoms with van der Waals surface area (Å²) in [4.78, 5) is 11.0. The van der Waals surface area contributed by atoms with Gasteiger partial charge in [0.2, 0.25) is 0 Å². The molecular weight excluding hydrogens is 188 g/mol. The lowest BCUT2D eigenvalue weighted by atomic mass is 9.97. The summed E-state index contributed by atoms with van der Waals surface area (Å²) in [5, 5.41) is 3.39. The molecule has 4 nitrogen and oxygen atoms in total. The van der Waals surface area contributed by atoms with E-state index < -0.39 is 0 Å². The van der Waals surface area contributed by atoms with Crippen molar-refractivity contribution in [1.29, 1.82) is 0 Å². The molecule has 1 fully saturated rings. The Morgan fingerprint density at radius 3 is 3.33 bits per heavy atom. The molecule has 0 spiro atoms. The minimum atomic E-state index is 0.546. The van der Waals surface area contributed by atoms with Gasteiger partial charge >= 0.3 is 0 Å². The van der Waals surface area contributed by atoms with Crippen molar-refractivity contribution in [3.63, 3.8) is 0 Å². The Kier molecular flexibility index (Phi) is 2.29. The highest BCUT2D eigenvalue weighted by Gasteiger charge is 2.28. The first-order chi connectivity index (χ1) is 7.45. The molecule has 4 heteroatoms. The highest BCUT2D eigenvalue weighted by Crippen LogP contribution is 2.34. The molecular formula is C11H16N4. The fourth-order valence-electron chi connectivity index (χ4n) is 2.66. The summed E-state index contributed by atoms with van der Waals surface area (Å²) in [6.07, 6.45) is 7.52. The van der Waals surface area contributed by atoms with E-state index in [2.05, 4.69) is 20.2 Å². The van der Waals surface area contributed by atoms with Crippen molar-refractivity contribution in [1.82, 2.24) is 14.9 Å². The van der Waals surface area contributed by atoms with Crippen molar-refractivity contribution in [3.05, 3.63) is 18.1 Å². The van der Waals surface area contributed by atoms with Gasteiger partial charge in [0.1, 0.15) is 12.1 Å². The van der Waals surface area contributed by atoms with Gasteiger partial charge in [-0.05, 0) is 19.4 Å². The van der Waals surface area contributed by atoms with Gasteiger partial charge in [-0.3, -0.25) is 4.90 Å². The summed E-state index contributed by atoms with van der Waals surface area (Å²) < 4.78 is 0. The molecule has 1 aromatic rings. The molecule has 1 N–H and O–H groups in total. The van der Waals surface area contributed by atoms with Crippen molar-refractivity contribution in [2.45, 2.75) is 25.3 Å². The van der Waals surface area contributed by atoms with E-state index in [1.165, 1.54) is 31.4 Å². The monoisotopic (exact) mass is 204 g/mol. The third-order valence-electron chi connectivity index (χ3n) is 3.40. The number of nitrogens with one attached hydrogen (secondary N) is 1. The fraction of sp³-hybridized carbons (Fsp3) is 0.636. The molecule has 0 saturated carbocycles. The number of hydrogen-bond acceptors (Lipinski definition) is 4. The van der Waals surface area contributed by atoms with Crippen LogP contribution < -0.4 is 5.32 Å². The first kappa shape index (κ1) is 9.09. The van der Waals surface area contributed by atoms with Gasteiger partial charge in [0.05, 0.1) is 0 Å². The average molecular weight is 204 g/mol. The van der Waals surface area contributed by atoms with Crippen molar-refractivity contribution in [3.8, 4) is 0 Å². The van der Waals surface area contributed by atoms with Gasteiger partial charge < -0.3 is 5.32 Å². The van der Waals surface area contributed by atoms with Crippen LogP contribution in [0, 0.1) is 0 Å². The van der Waals surface area contributed by atoms with E-state index in [0.717, 1.165) is 18.9 Å². The zero-order chi connectivity index (χ0) is 10.1. The molecule has 1 saturated heterocycles. The Hall–Kier alpha value is -1.16. The van der Waals surface area contributed by atoms with Crippen LogP contribution in [0.1, 0.15) is 30.9 Å². The zero-order valence-corrected chi connectivity index (χ0v) is 8.82. The van der Waals surface area contributed by atoms with E-state index in [0.29, 0.717) is 6.04 Å². The summed E-state index contributed by atoms with van der Waals surface area (Å²) in [7, 11) is 0. The molecule has 2 aliphatic rings. The maximum atomic E-state index is 4.32. The fourth-order valence-corrected chi connectivity index (χ4v) is 2.66. The molecule has 2 aliphatic heterocycles. The Labute approximate surface area is 89.7 Å². The van der Waals surface area contributed by atoms with Crippen LogP contribution in [0.15, 0.2) is 12.5 Å². The van der Waals surface area contributed by atoms with Crippen LogP contribution in [0.25, 0.3) is 0 Å². The molecule has 0 aliphatic carbocycles. The molecule has 1 aromatic heterocycles. The van der Waals surface area contributed by atoms with Crippen LogP contribution in [0.4, 0.5) is 5.82 Å². The smallest absolute Gasteiger partial charge is 0.134 e. The normalized spacial score (nSPS) is 26.0. The van der Waals surface area contributed by atoms with Gasteiger partial charge in [-0.25, -0.2) is 9.97 Å². The number of aromatic nitrogens is 2. The lowest BCUT2D eigenvalue weighted by Crippen LogP contribution is -2.34. The highest BCUT2D eigenvalue weighted by molar-refractivity contribution is 5.45. The molecule has 0 radical (unpaired) electrons. The second-order valence-electron chi connectivity index (χ2n) is 4.30. The van der Waals surface area contributed by atoms with E-state index >= 15 is 0 Å². The second kappa shape index (κ2) is 3.77. The Morgan fingerprint density at radius 2 is 2.33 bits per heavy atom. The minimum absolute atomic E-state index is 0.546. The van der Waals surface area contributed by atoms with Gasteiger partial charge in [0.15, 0.2) is 0 Å². The Bertz CT molecular complexity index is 352. The summed E-state index contributed by atoms with van der Waals surface area (Å²) in [6.45, 7) is 3.35. The average Bonchev–Trinajstić information content (AvgIpc) is 2.48. The van der Waals surface area contributed by atoms with E-state index in [1.54, 1.807) is 6.33 Å². The maximum absolute atomic E-state index is 4.32. The van der Waals surface area contributed by atoms with E-state index in [1.807, 2.05) is 6.20 Å².